The van der Waals surface area contributed by atoms with Crippen molar-refractivity contribution in [3.05, 3.63) is 145 Å². The van der Waals surface area contributed by atoms with Gasteiger partial charge in [-0.3, -0.25) is 4.90 Å². The van der Waals surface area contributed by atoms with E-state index in [1.165, 1.54) is 35.4 Å². The Morgan fingerprint density at radius 2 is 1.17 bits per heavy atom. The van der Waals surface area contributed by atoms with Gasteiger partial charge in [0, 0.05) is 25.8 Å². The van der Waals surface area contributed by atoms with Crippen molar-refractivity contribution >= 4 is 43.2 Å². The van der Waals surface area contributed by atoms with Crippen LogP contribution >= 0.6 is 43.2 Å². The monoisotopic (exact) mass is 603 g/mol. The van der Waals surface area contributed by atoms with Crippen LogP contribution in [-0.2, 0) is 25.2 Å². The molecule has 6 rings (SSSR count). The summed E-state index contributed by atoms with van der Waals surface area (Å²) in [4.78, 5) is 7.37. The van der Waals surface area contributed by atoms with Crippen LogP contribution in [0.5, 0.6) is 0 Å². The molecular formula is C29H23Br2N3S. The molecule has 1 aliphatic rings. The largest absolute Gasteiger partial charge is 0.319 e. The Bertz CT molecular complexity index is 1320. The predicted octanol–water partition coefficient (Wildman–Crippen LogP) is 7.83. The van der Waals surface area contributed by atoms with Crippen LogP contribution in [0, 0.1) is 0 Å². The van der Waals surface area contributed by atoms with E-state index in [4.69, 9.17) is 4.98 Å². The van der Waals surface area contributed by atoms with E-state index >= 15 is 0 Å². The first-order chi connectivity index (χ1) is 17.2. The van der Waals surface area contributed by atoms with Crippen molar-refractivity contribution < 1.29 is 0 Å². The first-order valence-electron chi connectivity index (χ1n) is 11.5. The first kappa shape index (κ1) is 22.9. The maximum atomic E-state index is 4.91. The summed E-state index contributed by atoms with van der Waals surface area (Å²) in [5.74, 6) is 0. The van der Waals surface area contributed by atoms with E-state index in [9.17, 15) is 0 Å². The molecule has 0 atom stereocenters. The molecule has 0 fully saturated rings. The summed E-state index contributed by atoms with van der Waals surface area (Å²) in [6.07, 6.45) is 4.22. The van der Waals surface area contributed by atoms with Gasteiger partial charge in [0.1, 0.15) is 5.54 Å². The zero-order chi connectivity index (χ0) is 23.8. The fourth-order valence-corrected chi connectivity index (χ4v) is 8.34. The second-order valence-corrected chi connectivity index (χ2v) is 12.5. The molecule has 0 amide bonds. The number of nitrogens with zero attached hydrogens (tertiary/aromatic N) is 3. The van der Waals surface area contributed by atoms with Gasteiger partial charge in [0.2, 0.25) is 0 Å². The lowest BCUT2D eigenvalue weighted by Gasteiger charge is -2.37. The van der Waals surface area contributed by atoms with E-state index in [1.807, 2.05) is 6.33 Å². The van der Waals surface area contributed by atoms with Gasteiger partial charge in [-0.05, 0) is 59.7 Å². The number of fused-ring (bicyclic) bond motifs is 1. The minimum atomic E-state index is -0.524. The molecule has 0 unspecified atom stereocenters. The third-order valence-electron chi connectivity index (χ3n) is 6.77. The van der Waals surface area contributed by atoms with Crippen molar-refractivity contribution in [3.63, 3.8) is 0 Å². The molecular weight excluding hydrogens is 582 g/mol. The lowest BCUT2D eigenvalue weighted by atomic mass is 9.77. The van der Waals surface area contributed by atoms with Crippen LogP contribution in [0.25, 0.3) is 0 Å². The highest BCUT2D eigenvalue weighted by atomic mass is 79.9. The van der Waals surface area contributed by atoms with Crippen LogP contribution in [0.2, 0.25) is 0 Å². The van der Waals surface area contributed by atoms with Crippen molar-refractivity contribution in [2.24, 2.45) is 0 Å². The Morgan fingerprint density at radius 1 is 0.714 bits per heavy atom. The van der Waals surface area contributed by atoms with Crippen molar-refractivity contribution in [2.75, 3.05) is 0 Å². The van der Waals surface area contributed by atoms with Crippen molar-refractivity contribution in [1.29, 1.82) is 0 Å². The highest BCUT2D eigenvalue weighted by Gasteiger charge is 2.38. The molecule has 0 radical (unpaired) electrons. The number of hydrogen-bond acceptors (Lipinski definition) is 3. The summed E-state index contributed by atoms with van der Waals surface area (Å²) >= 11 is 9.23. The van der Waals surface area contributed by atoms with Crippen LogP contribution in [-0.4, -0.2) is 14.5 Å². The zero-order valence-corrected chi connectivity index (χ0v) is 22.9. The van der Waals surface area contributed by atoms with Gasteiger partial charge in [0.05, 0.1) is 19.6 Å². The SMILES string of the molecule is Brc1sc(Br)c2c1CN(Cc1cn(C(c3ccccc3)(c3ccccc3)c3ccccc3)cn1)C2. The molecule has 0 saturated heterocycles. The van der Waals surface area contributed by atoms with Crippen molar-refractivity contribution in [2.45, 2.75) is 25.2 Å². The average molecular weight is 605 g/mol. The quantitative estimate of drug-likeness (QED) is 0.184. The van der Waals surface area contributed by atoms with Crippen LogP contribution in [0.1, 0.15) is 33.5 Å². The van der Waals surface area contributed by atoms with E-state index in [0.29, 0.717) is 0 Å². The number of aromatic nitrogens is 2. The molecule has 3 nitrogen and oxygen atoms in total. The highest BCUT2D eigenvalue weighted by Crippen LogP contribution is 2.43. The van der Waals surface area contributed by atoms with E-state index in [2.05, 4.69) is 139 Å². The Morgan fingerprint density at radius 3 is 1.63 bits per heavy atom. The van der Waals surface area contributed by atoms with Gasteiger partial charge in [0.15, 0.2) is 0 Å². The summed E-state index contributed by atoms with van der Waals surface area (Å²) in [6, 6.07) is 32.2. The highest BCUT2D eigenvalue weighted by molar-refractivity contribution is 9.12. The molecule has 5 aromatic rings. The number of imidazole rings is 1. The normalized spacial score (nSPS) is 13.8. The van der Waals surface area contributed by atoms with Crippen LogP contribution in [0.4, 0.5) is 0 Å². The molecule has 0 bridgehead atoms. The topological polar surface area (TPSA) is 21.1 Å². The van der Waals surface area contributed by atoms with Gasteiger partial charge in [-0.2, -0.15) is 0 Å². The fourth-order valence-electron chi connectivity index (χ4n) is 5.21. The second kappa shape index (κ2) is 9.51. The summed E-state index contributed by atoms with van der Waals surface area (Å²) in [5, 5.41) is 0. The third kappa shape index (κ3) is 4.02. The lowest BCUT2D eigenvalue weighted by Crippen LogP contribution is -2.37. The van der Waals surface area contributed by atoms with E-state index < -0.39 is 5.54 Å². The number of rotatable bonds is 6. The summed E-state index contributed by atoms with van der Waals surface area (Å²) in [7, 11) is 0. The minimum Gasteiger partial charge on any atom is -0.319 e. The number of thiophene rings is 1. The van der Waals surface area contributed by atoms with Crippen LogP contribution in [0.3, 0.4) is 0 Å². The summed E-state index contributed by atoms with van der Waals surface area (Å²) in [6.45, 7) is 2.68. The molecule has 0 spiro atoms. The number of hydrogen-bond donors (Lipinski definition) is 0. The van der Waals surface area contributed by atoms with Gasteiger partial charge in [0.25, 0.3) is 0 Å². The van der Waals surface area contributed by atoms with E-state index in [0.717, 1.165) is 25.3 Å². The summed E-state index contributed by atoms with van der Waals surface area (Å²) in [5.41, 5.74) is 6.96. The molecule has 35 heavy (non-hydrogen) atoms. The van der Waals surface area contributed by atoms with Gasteiger partial charge in [-0.15, -0.1) is 11.3 Å². The van der Waals surface area contributed by atoms with Crippen molar-refractivity contribution in [3.8, 4) is 0 Å². The number of benzene rings is 3. The van der Waals surface area contributed by atoms with Gasteiger partial charge in [-0.25, -0.2) is 4.98 Å². The van der Waals surface area contributed by atoms with E-state index in [1.54, 1.807) is 11.3 Å². The van der Waals surface area contributed by atoms with Crippen LogP contribution in [0.15, 0.2) is 111 Å². The first-order valence-corrected chi connectivity index (χ1v) is 13.9. The molecule has 3 heterocycles. The smallest absolute Gasteiger partial charge is 0.121 e. The molecule has 0 N–H and O–H groups in total. The summed E-state index contributed by atoms with van der Waals surface area (Å²) < 4.78 is 4.74. The maximum absolute atomic E-state index is 4.91. The predicted molar refractivity (Wildman–Crippen MR) is 150 cm³/mol. The molecule has 0 aliphatic carbocycles. The Balaban J connectivity index is 1.44. The zero-order valence-electron chi connectivity index (χ0n) is 18.9. The molecule has 6 heteroatoms. The minimum absolute atomic E-state index is 0.524. The fraction of sp³-hybridized carbons (Fsp3) is 0.138. The molecule has 2 aromatic heterocycles. The lowest BCUT2D eigenvalue weighted by molar-refractivity contribution is 0.271. The Labute approximate surface area is 226 Å². The molecule has 0 saturated carbocycles. The Hall–Kier alpha value is -2.51. The molecule has 3 aromatic carbocycles. The molecule has 174 valence electrons. The molecule has 1 aliphatic heterocycles. The van der Waals surface area contributed by atoms with Gasteiger partial charge >= 0.3 is 0 Å². The van der Waals surface area contributed by atoms with E-state index in [-0.39, 0.29) is 0 Å². The maximum Gasteiger partial charge on any atom is 0.121 e. The Kier molecular flexibility index (Phi) is 6.23. The number of halogens is 2. The second-order valence-electron chi connectivity index (χ2n) is 8.83. The van der Waals surface area contributed by atoms with Crippen molar-refractivity contribution in [1.82, 2.24) is 14.5 Å². The van der Waals surface area contributed by atoms with Gasteiger partial charge in [-0.1, -0.05) is 91.0 Å². The van der Waals surface area contributed by atoms with Crippen LogP contribution < -0.4 is 0 Å². The standard InChI is InChI=1S/C29H23Br2N3S/c30-27-25-18-33(19-26(25)28(31)35-27)16-24-17-34(20-32-24)29(21-10-4-1-5-11-21,22-12-6-2-7-13-22)23-14-8-3-9-15-23/h1-15,17,20H,16,18-19H2. The average Bonchev–Trinajstić information content (AvgIpc) is 3.60. The third-order valence-corrected chi connectivity index (χ3v) is 9.54. The van der Waals surface area contributed by atoms with Gasteiger partial charge < -0.3 is 4.57 Å².